The van der Waals surface area contributed by atoms with Crippen molar-refractivity contribution in [1.29, 1.82) is 0 Å². The number of aryl methyl sites for hydroxylation is 2. The van der Waals surface area contributed by atoms with Crippen molar-refractivity contribution in [3.8, 4) is 0 Å². The van der Waals surface area contributed by atoms with Gasteiger partial charge in [0.15, 0.2) is 0 Å². The topological polar surface area (TPSA) is 57.7 Å². The number of H-pyrrole nitrogens is 1. The van der Waals surface area contributed by atoms with Crippen LogP contribution in [0.3, 0.4) is 0 Å². The van der Waals surface area contributed by atoms with Gasteiger partial charge in [0, 0.05) is 25.0 Å². The Morgan fingerprint density at radius 2 is 2.29 bits per heavy atom. The first kappa shape index (κ1) is 14.2. The Morgan fingerprint density at radius 3 is 3.05 bits per heavy atom. The van der Waals surface area contributed by atoms with Crippen LogP contribution in [0.1, 0.15) is 35.6 Å². The lowest BCUT2D eigenvalue weighted by molar-refractivity contribution is 0.164. The highest BCUT2D eigenvalue weighted by molar-refractivity contribution is 5.14. The number of piperidine rings is 1. The summed E-state index contributed by atoms with van der Waals surface area (Å²) in [5.41, 5.74) is 3.69. The molecule has 0 radical (unpaired) electrons. The average Bonchev–Trinajstić information content (AvgIpc) is 2.85. The fourth-order valence-corrected chi connectivity index (χ4v) is 3.15. The van der Waals surface area contributed by atoms with Crippen LogP contribution in [0.25, 0.3) is 0 Å². The molecule has 21 heavy (non-hydrogen) atoms. The van der Waals surface area contributed by atoms with Crippen molar-refractivity contribution in [2.75, 3.05) is 13.1 Å². The second-order valence-electron chi connectivity index (χ2n) is 6.07. The van der Waals surface area contributed by atoms with Crippen molar-refractivity contribution < 1.29 is 0 Å². The van der Waals surface area contributed by atoms with Crippen LogP contribution in [0.5, 0.6) is 0 Å². The molecule has 2 aromatic rings. The molecule has 2 aromatic heterocycles. The van der Waals surface area contributed by atoms with Crippen LogP contribution in [0.2, 0.25) is 0 Å². The maximum absolute atomic E-state index is 4.51. The molecule has 1 fully saturated rings. The average molecular weight is 285 g/mol. The van der Waals surface area contributed by atoms with Gasteiger partial charge in [-0.05, 0) is 57.2 Å². The van der Waals surface area contributed by atoms with E-state index in [1.807, 2.05) is 25.4 Å². The lowest BCUT2D eigenvalue weighted by Gasteiger charge is -2.32. The van der Waals surface area contributed by atoms with E-state index < -0.39 is 0 Å². The second kappa shape index (κ2) is 6.35. The lowest BCUT2D eigenvalue weighted by Crippen LogP contribution is -2.36. The number of likely N-dealkylation sites (tertiary alicyclic amines) is 1. The number of aromatic amines is 1. The van der Waals surface area contributed by atoms with Gasteiger partial charge < -0.3 is 0 Å². The van der Waals surface area contributed by atoms with Crippen LogP contribution in [0.4, 0.5) is 0 Å². The minimum absolute atomic E-state index is 0.709. The van der Waals surface area contributed by atoms with Gasteiger partial charge in [0.05, 0.1) is 11.9 Å². The second-order valence-corrected chi connectivity index (χ2v) is 6.07. The predicted molar refractivity (Wildman–Crippen MR) is 81.8 cm³/mol. The Morgan fingerprint density at radius 1 is 1.38 bits per heavy atom. The van der Waals surface area contributed by atoms with Crippen molar-refractivity contribution >= 4 is 0 Å². The van der Waals surface area contributed by atoms with Crippen LogP contribution in [0.15, 0.2) is 18.5 Å². The summed E-state index contributed by atoms with van der Waals surface area (Å²) in [4.78, 5) is 11.2. The molecule has 1 aliphatic rings. The van der Waals surface area contributed by atoms with Crippen molar-refractivity contribution in [2.45, 2.75) is 39.7 Å². The van der Waals surface area contributed by atoms with Crippen LogP contribution in [-0.2, 0) is 13.0 Å². The molecule has 0 spiro atoms. The molecule has 3 rings (SSSR count). The maximum atomic E-state index is 4.51. The molecule has 1 aliphatic heterocycles. The van der Waals surface area contributed by atoms with E-state index in [9.17, 15) is 0 Å². The van der Waals surface area contributed by atoms with Crippen LogP contribution in [0, 0.1) is 19.8 Å². The van der Waals surface area contributed by atoms with E-state index in [2.05, 4.69) is 32.0 Å². The van der Waals surface area contributed by atoms with Gasteiger partial charge in [-0.2, -0.15) is 5.10 Å². The highest BCUT2D eigenvalue weighted by Crippen LogP contribution is 2.22. The molecule has 1 saturated heterocycles. The van der Waals surface area contributed by atoms with E-state index in [4.69, 9.17) is 0 Å². The Kier molecular flexibility index (Phi) is 4.29. The quantitative estimate of drug-likeness (QED) is 0.936. The Balaban J connectivity index is 1.59. The third kappa shape index (κ3) is 3.67. The summed E-state index contributed by atoms with van der Waals surface area (Å²) in [6.07, 6.45) is 7.44. The van der Waals surface area contributed by atoms with Crippen LogP contribution < -0.4 is 0 Å². The summed E-state index contributed by atoms with van der Waals surface area (Å²) in [6, 6.07) is 2.02. The fourth-order valence-electron chi connectivity index (χ4n) is 3.15. The van der Waals surface area contributed by atoms with E-state index in [1.54, 1.807) is 0 Å². The normalized spacial score (nSPS) is 19.8. The van der Waals surface area contributed by atoms with E-state index in [0.717, 1.165) is 31.0 Å². The number of nitrogens with zero attached hydrogens (tertiary/aromatic N) is 4. The van der Waals surface area contributed by atoms with Gasteiger partial charge in [0.1, 0.15) is 5.82 Å². The molecule has 3 heterocycles. The molecule has 0 amide bonds. The minimum atomic E-state index is 0.709. The number of rotatable bonds is 4. The summed E-state index contributed by atoms with van der Waals surface area (Å²) < 4.78 is 0. The van der Waals surface area contributed by atoms with Gasteiger partial charge in [0.25, 0.3) is 0 Å². The highest BCUT2D eigenvalue weighted by Gasteiger charge is 2.21. The Bertz CT molecular complexity index is 592. The highest BCUT2D eigenvalue weighted by atomic mass is 15.1. The molecular formula is C16H23N5. The summed E-state index contributed by atoms with van der Waals surface area (Å²) in [6.45, 7) is 7.32. The lowest BCUT2D eigenvalue weighted by atomic mass is 9.92. The van der Waals surface area contributed by atoms with Gasteiger partial charge in [-0.25, -0.2) is 9.97 Å². The van der Waals surface area contributed by atoms with Gasteiger partial charge in [-0.3, -0.25) is 10.00 Å². The molecule has 112 valence electrons. The summed E-state index contributed by atoms with van der Waals surface area (Å²) in [7, 11) is 0. The smallest absolute Gasteiger partial charge is 0.125 e. The van der Waals surface area contributed by atoms with Gasteiger partial charge >= 0.3 is 0 Å². The van der Waals surface area contributed by atoms with Gasteiger partial charge in [-0.15, -0.1) is 0 Å². The molecule has 0 aliphatic carbocycles. The van der Waals surface area contributed by atoms with Crippen LogP contribution in [-0.4, -0.2) is 38.2 Å². The van der Waals surface area contributed by atoms with E-state index in [-0.39, 0.29) is 0 Å². The molecule has 0 unspecified atom stereocenters. The number of hydrogen-bond acceptors (Lipinski definition) is 4. The van der Waals surface area contributed by atoms with Crippen LogP contribution >= 0.6 is 0 Å². The first-order valence-electron chi connectivity index (χ1n) is 7.70. The third-order valence-electron chi connectivity index (χ3n) is 4.25. The maximum Gasteiger partial charge on any atom is 0.125 e. The third-order valence-corrected chi connectivity index (χ3v) is 4.25. The summed E-state index contributed by atoms with van der Waals surface area (Å²) in [5, 5.41) is 7.26. The Labute approximate surface area is 125 Å². The number of hydrogen-bond donors (Lipinski definition) is 1. The molecule has 1 N–H and O–H groups in total. The van der Waals surface area contributed by atoms with Gasteiger partial charge in [0.2, 0.25) is 0 Å². The zero-order chi connectivity index (χ0) is 14.7. The fraction of sp³-hybridized carbons (Fsp3) is 0.562. The molecule has 0 saturated carbocycles. The number of aromatic nitrogens is 4. The molecule has 1 atom stereocenters. The minimum Gasteiger partial charge on any atom is -0.297 e. The largest absolute Gasteiger partial charge is 0.297 e. The van der Waals surface area contributed by atoms with Crippen molar-refractivity contribution in [3.05, 3.63) is 41.2 Å². The zero-order valence-corrected chi connectivity index (χ0v) is 12.8. The summed E-state index contributed by atoms with van der Waals surface area (Å²) in [5.74, 6) is 1.56. The molecular weight excluding hydrogens is 262 g/mol. The zero-order valence-electron chi connectivity index (χ0n) is 12.8. The van der Waals surface area contributed by atoms with Crippen molar-refractivity contribution in [2.24, 2.45) is 5.92 Å². The molecule has 5 nitrogen and oxygen atoms in total. The SMILES string of the molecule is Cc1nccc(CN2CCC[C@@H](Cc3[nH]ncc3C)C2)n1. The van der Waals surface area contributed by atoms with Crippen molar-refractivity contribution in [3.63, 3.8) is 0 Å². The van der Waals surface area contributed by atoms with E-state index in [1.165, 1.54) is 30.6 Å². The predicted octanol–water partition coefficient (Wildman–Crippen LogP) is 2.27. The Hall–Kier alpha value is -1.75. The molecule has 5 heteroatoms. The molecule has 0 aromatic carbocycles. The first-order valence-corrected chi connectivity index (χ1v) is 7.70. The van der Waals surface area contributed by atoms with Crippen molar-refractivity contribution in [1.82, 2.24) is 25.1 Å². The standard InChI is InChI=1S/C16H23N5/c1-12-9-18-20-16(12)8-14-4-3-7-21(10-14)11-15-5-6-17-13(2)19-15/h5-6,9,14H,3-4,7-8,10-11H2,1-2H3,(H,18,20)/t14-/m0/s1. The van der Waals surface area contributed by atoms with E-state index >= 15 is 0 Å². The monoisotopic (exact) mass is 285 g/mol. The van der Waals surface area contributed by atoms with E-state index in [0.29, 0.717) is 5.92 Å². The number of nitrogens with one attached hydrogen (secondary N) is 1. The first-order chi connectivity index (χ1) is 10.2. The summed E-state index contributed by atoms with van der Waals surface area (Å²) >= 11 is 0. The molecule has 0 bridgehead atoms. The van der Waals surface area contributed by atoms with Gasteiger partial charge in [-0.1, -0.05) is 0 Å².